The summed E-state index contributed by atoms with van der Waals surface area (Å²) in [5, 5.41) is 3.44. The molecule has 0 amide bonds. The molecule has 0 unspecified atom stereocenters. The van der Waals surface area contributed by atoms with E-state index in [4.69, 9.17) is 9.47 Å². The van der Waals surface area contributed by atoms with Crippen molar-refractivity contribution in [2.75, 3.05) is 19.8 Å². The first-order chi connectivity index (χ1) is 8.75. The van der Waals surface area contributed by atoms with Gasteiger partial charge in [0.2, 0.25) is 0 Å². The van der Waals surface area contributed by atoms with Crippen molar-refractivity contribution in [2.24, 2.45) is 0 Å². The summed E-state index contributed by atoms with van der Waals surface area (Å²) in [4.78, 5) is 0. The lowest BCUT2D eigenvalue weighted by Gasteiger charge is -2.18. The van der Waals surface area contributed by atoms with Crippen LogP contribution in [0.15, 0.2) is 18.2 Å². The topological polar surface area (TPSA) is 30.5 Å². The highest BCUT2D eigenvalue weighted by atomic mass is 16.6. The number of rotatable bonds is 6. The van der Waals surface area contributed by atoms with Gasteiger partial charge in [-0.3, -0.25) is 0 Å². The number of ether oxygens (including phenoxy) is 2. The summed E-state index contributed by atoms with van der Waals surface area (Å²) in [6, 6.07) is 6.86. The molecule has 0 aliphatic carbocycles. The number of hydrogen-bond donors (Lipinski definition) is 1. The number of hydrogen-bond acceptors (Lipinski definition) is 3. The van der Waals surface area contributed by atoms with Crippen LogP contribution in [0.25, 0.3) is 0 Å². The number of aryl methyl sites for hydroxylation is 1. The Morgan fingerprint density at radius 3 is 2.67 bits per heavy atom. The molecule has 1 heterocycles. The first-order valence-corrected chi connectivity index (χ1v) is 6.87. The first kappa shape index (κ1) is 13.2. The van der Waals surface area contributed by atoms with Gasteiger partial charge in [-0.1, -0.05) is 19.9 Å². The van der Waals surface area contributed by atoms with E-state index in [2.05, 4.69) is 31.3 Å². The quantitative estimate of drug-likeness (QED) is 0.786. The van der Waals surface area contributed by atoms with Gasteiger partial charge in [-0.15, -0.1) is 0 Å². The largest absolute Gasteiger partial charge is 0.486 e. The first-order valence-electron chi connectivity index (χ1n) is 6.87. The maximum Gasteiger partial charge on any atom is 0.161 e. The molecule has 100 valence electrons. The summed E-state index contributed by atoms with van der Waals surface area (Å²) in [5.74, 6) is 1.78. The zero-order valence-electron chi connectivity index (χ0n) is 11.4. The van der Waals surface area contributed by atoms with E-state index in [-0.39, 0.29) is 0 Å². The Morgan fingerprint density at radius 2 is 1.89 bits per heavy atom. The monoisotopic (exact) mass is 249 g/mol. The van der Waals surface area contributed by atoms with Crippen molar-refractivity contribution >= 4 is 0 Å². The highest BCUT2D eigenvalue weighted by Crippen LogP contribution is 2.31. The van der Waals surface area contributed by atoms with Crippen molar-refractivity contribution in [2.45, 2.75) is 39.2 Å². The lowest BCUT2D eigenvalue weighted by molar-refractivity contribution is 0.171. The molecule has 0 atom stereocenters. The Bertz CT molecular complexity index is 377. The standard InChI is InChI=1S/C15H23NO2/c1-12(2)16-8-4-3-5-13-6-7-14-15(11-13)18-10-9-17-14/h6-7,11-12,16H,3-5,8-10H2,1-2H3. The van der Waals surface area contributed by atoms with E-state index in [0.717, 1.165) is 24.5 Å². The third-order valence-electron chi connectivity index (χ3n) is 3.05. The molecule has 0 spiro atoms. The minimum absolute atomic E-state index is 0.583. The average Bonchev–Trinajstić information content (AvgIpc) is 2.38. The smallest absolute Gasteiger partial charge is 0.161 e. The van der Waals surface area contributed by atoms with Gasteiger partial charge >= 0.3 is 0 Å². The summed E-state index contributed by atoms with van der Waals surface area (Å²) in [5.41, 5.74) is 1.34. The Hall–Kier alpha value is -1.22. The van der Waals surface area contributed by atoms with Crippen LogP contribution in [0.3, 0.4) is 0 Å². The second-order valence-corrected chi connectivity index (χ2v) is 5.04. The maximum absolute atomic E-state index is 5.59. The van der Waals surface area contributed by atoms with Gasteiger partial charge in [0.1, 0.15) is 13.2 Å². The highest BCUT2D eigenvalue weighted by Gasteiger charge is 2.11. The van der Waals surface area contributed by atoms with Gasteiger partial charge in [-0.25, -0.2) is 0 Å². The third kappa shape index (κ3) is 3.91. The normalized spacial score (nSPS) is 13.9. The molecular formula is C15H23NO2. The zero-order valence-corrected chi connectivity index (χ0v) is 11.4. The predicted molar refractivity (Wildman–Crippen MR) is 73.5 cm³/mol. The van der Waals surface area contributed by atoms with Gasteiger partial charge in [0.25, 0.3) is 0 Å². The van der Waals surface area contributed by atoms with E-state index in [9.17, 15) is 0 Å². The van der Waals surface area contributed by atoms with Gasteiger partial charge in [0.15, 0.2) is 11.5 Å². The van der Waals surface area contributed by atoms with Crippen LogP contribution in [-0.4, -0.2) is 25.8 Å². The lowest BCUT2D eigenvalue weighted by atomic mass is 10.1. The molecule has 0 bridgehead atoms. The van der Waals surface area contributed by atoms with E-state index in [1.807, 2.05) is 6.07 Å². The molecule has 3 nitrogen and oxygen atoms in total. The highest BCUT2D eigenvalue weighted by molar-refractivity contribution is 5.43. The Morgan fingerprint density at radius 1 is 1.11 bits per heavy atom. The van der Waals surface area contributed by atoms with Crippen LogP contribution >= 0.6 is 0 Å². The summed E-state index contributed by atoms with van der Waals surface area (Å²) in [6.45, 7) is 6.78. The van der Waals surface area contributed by atoms with Gasteiger partial charge in [0, 0.05) is 6.04 Å². The molecule has 1 aromatic carbocycles. The van der Waals surface area contributed by atoms with Crippen LogP contribution < -0.4 is 14.8 Å². The fourth-order valence-corrected chi connectivity index (χ4v) is 2.09. The van der Waals surface area contributed by atoms with Crippen molar-refractivity contribution in [1.29, 1.82) is 0 Å². The van der Waals surface area contributed by atoms with Crippen molar-refractivity contribution in [3.8, 4) is 11.5 Å². The van der Waals surface area contributed by atoms with Gasteiger partial charge in [0.05, 0.1) is 0 Å². The lowest BCUT2D eigenvalue weighted by Crippen LogP contribution is -2.23. The summed E-state index contributed by atoms with van der Waals surface area (Å²) < 4.78 is 11.1. The van der Waals surface area contributed by atoms with Crippen LogP contribution in [0, 0.1) is 0 Å². The molecule has 1 aromatic rings. The van der Waals surface area contributed by atoms with Crippen LogP contribution in [0.1, 0.15) is 32.3 Å². The van der Waals surface area contributed by atoms with Gasteiger partial charge in [-0.2, -0.15) is 0 Å². The van der Waals surface area contributed by atoms with E-state index < -0.39 is 0 Å². The molecule has 1 aliphatic heterocycles. The molecule has 0 radical (unpaired) electrons. The minimum atomic E-state index is 0.583. The van der Waals surface area contributed by atoms with E-state index in [1.54, 1.807) is 0 Å². The molecule has 1 N–H and O–H groups in total. The third-order valence-corrected chi connectivity index (χ3v) is 3.05. The molecule has 0 saturated carbocycles. The predicted octanol–water partition coefficient (Wildman–Crippen LogP) is 2.78. The summed E-state index contributed by atoms with van der Waals surface area (Å²) >= 11 is 0. The van der Waals surface area contributed by atoms with Gasteiger partial charge in [-0.05, 0) is 43.5 Å². The van der Waals surface area contributed by atoms with Crippen molar-refractivity contribution < 1.29 is 9.47 Å². The van der Waals surface area contributed by atoms with Crippen LogP contribution in [0.4, 0.5) is 0 Å². The molecule has 2 rings (SSSR count). The maximum atomic E-state index is 5.59. The second-order valence-electron chi connectivity index (χ2n) is 5.04. The number of fused-ring (bicyclic) bond motifs is 1. The fraction of sp³-hybridized carbons (Fsp3) is 0.600. The van der Waals surface area contributed by atoms with E-state index >= 15 is 0 Å². The van der Waals surface area contributed by atoms with E-state index in [0.29, 0.717) is 19.3 Å². The number of benzene rings is 1. The fourth-order valence-electron chi connectivity index (χ4n) is 2.09. The zero-order chi connectivity index (χ0) is 12.8. The van der Waals surface area contributed by atoms with Gasteiger partial charge < -0.3 is 14.8 Å². The van der Waals surface area contributed by atoms with Crippen molar-refractivity contribution in [1.82, 2.24) is 5.32 Å². The Kier molecular flexibility index (Phi) is 4.88. The van der Waals surface area contributed by atoms with Crippen LogP contribution in [0.2, 0.25) is 0 Å². The molecule has 18 heavy (non-hydrogen) atoms. The molecule has 0 fully saturated rings. The molecule has 1 aliphatic rings. The summed E-state index contributed by atoms with van der Waals surface area (Å²) in [6.07, 6.45) is 3.53. The molecule has 0 saturated heterocycles. The molecule has 3 heteroatoms. The van der Waals surface area contributed by atoms with Crippen LogP contribution in [-0.2, 0) is 6.42 Å². The Labute approximate surface area is 109 Å². The van der Waals surface area contributed by atoms with E-state index in [1.165, 1.54) is 18.4 Å². The second kappa shape index (κ2) is 6.64. The number of nitrogens with one attached hydrogen (secondary N) is 1. The summed E-state index contributed by atoms with van der Waals surface area (Å²) in [7, 11) is 0. The van der Waals surface area contributed by atoms with Crippen LogP contribution in [0.5, 0.6) is 11.5 Å². The van der Waals surface area contributed by atoms with Crippen molar-refractivity contribution in [3.63, 3.8) is 0 Å². The SMILES string of the molecule is CC(C)NCCCCc1ccc2c(c1)OCCO2. The molecule has 0 aromatic heterocycles. The average molecular weight is 249 g/mol. The minimum Gasteiger partial charge on any atom is -0.486 e. The Balaban J connectivity index is 1.76. The number of unbranched alkanes of at least 4 members (excludes halogenated alkanes) is 1. The van der Waals surface area contributed by atoms with Crippen molar-refractivity contribution in [3.05, 3.63) is 23.8 Å². The molecular weight excluding hydrogens is 226 g/mol.